The molecule has 0 unspecified atom stereocenters. The molecule has 2 aromatic carbocycles. The average molecular weight is 284 g/mol. The van der Waals surface area contributed by atoms with Gasteiger partial charge in [-0.15, -0.1) is 0 Å². The largest absolute Gasteiger partial charge is 0.322 e. The maximum Gasteiger partial charge on any atom is 0.248 e. The highest BCUT2D eigenvalue weighted by molar-refractivity contribution is 6.30. The van der Waals surface area contributed by atoms with Gasteiger partial charge in [-0.3, -0.25) is 4.79 Å². The molecule has 3 heteroatoms. The molecular formula is C17H14ClNO. The summed E-state index contributed by atoms with van der Waals surface area (Å²) in [5.41, 5.74) is 4.27. The molecule has 2 nitrogen and oxygen atoms in total. The molecule has 20 heavy (non-hydrogen) atoms. The van der Waals surface area contributed by atoms with Crippen LogP contribution >= 0.6 is 11.6 Å². The number of aromatic nitrogens is 1. The van der Waals surface area contributed by atoms with E-state index in [-0.39, 0.29) is 5.56 Å². The van der Waals surface area contributed by atoms with Crippen molar-refractivity contribution < 1.29 is 0 Å². The maximum absolute atomic E-state index is 11.4. The second kappa shape index (κ2) is 5.14. The highest BCUT2D eigenvalue weighted by Gasteiger charge is 2.02. The predicted molar refractivity (Wildman–Crippen MR) is 83.6 cm³/mol. The Morgan fingerprint density at radius 2 is 1.70 bits per heavy atom. The van der Waals surface area contributed by atoms with Crippen LogP contribution in [0.15, 0.2) is 53.3 Å². The number of benzene rings is 2. The Bertz CT molecular complexity index is 819. The lowest BCUT2D eigenvalue weighted by Crippen LogP contribution is -2.05. The van der Waals surface area contributed by atoms with Crippen molar-refractivity contribution in [3.8, 4) is 0 Å². The number of fused-ring (bicyclic) bond motifs is 1. The molecule has 0 atom stereocenters. The molecule has 0 saturated carbocycles. The zero-order valence-corrected chi connectivity index (χ0v) is 11.9. The Labute approximate surface area is 122 Å². The molecule has 1 N–H and O–H groups in total. The van der Waals surface area contributed by atoms with Gasteiger partial charge < -0.3 is 4.98 Å². The van der Waals surface area contributed by atoms with Crippen molar-refractivity contribution in [3.63, 3.8) is 0 Å². The minimum Gasteiger partial charge on any atom is -0.322 e. The van der Waals surface area contributed by atoms with E-state index in [1.165, 1.54) is 11.1 Å². The van der Waals surface area contributed by atoms with E-state index in [1.807, 2.05) is 43.3 Å². The lowest BCUT2D eigenvalue weighted by atomic mass is 10.0. The molecular weight excluding hydrogens is 270 g/mol. The fourth-order valence-electron chi connectivity index (χ4n) is 2.42. The van der Waals surface area contributed by atoms with Gasteiger partial charge in [-0.25, -0.2) is 0 Å². The highest BCUT2D eigenvalue weighted by Crippen LogP contribution is 2.19. The van der Waals surface area contributed by atoms with E-state index in [2.05, 4.69) is 11.1 Å². The van der Waals surface area contributed by atoms with E-state index >= 15 is 0 Å². The quantitative estimate of drug-likeness (QED) is 0.755. The Morgan fingerprint density at radius 1 is 1.00 bits per heavy atom. The van der Waals surface area contributed by atoms with Crippen LogP contribution in [0, 0.1) is 6.92 Å². The van der Waals surface area contributed by atoms with Crippen molar-refractivity contribution in [1.82, 2.24) is 4.98 Å². The van der Waals surface area contributed by atoms with Gasteiger partial charge in [-0.2, -0.15) is 0 Å². The second-order valence-corrected chi connectivity index (χ2v) is 5.44. The molecule has 100 valence electrons. The molecule has 3 aromatic rings. The van der Waals surface area contributed by atoms with E-state index in [1.54, 1.807) is 6.07 Å². The first kappa shape index (κ1) is 12.9. The van der Waals surface area contributed by atoms with Crippen molar-refractivity contribution >= 4 is 22.5 Å². The van der Waals surface area contributed by atoms with Gasteiger partial charge in [0.25, 0.3) is 0 Å². The topological polar surface area (TPSA) is 32.9 Å². The summed E-state index contributed by atoms with van der Waals surface area (Å²) in [6.45, 7) is 1.96. The summed E-state index contributed by atoms with van der Waals surface area (Å²) in [7, 11) is 0. The van der Waals surface area contributed by atoms with Crippen molar-refractivity contribution in [2.24, 2.45) is 0 Å². The molecule has 0 saturated heterocycles. The number of aromatic amines is 1. The Hall–Kier alpha value is -2.06. The minimum absolute atomic E-state index is 0.0551. The lowest BCUT2D eigenvalue weighted by molar-refractivity contribution is 1.19. The lowest BCUT2D eigenvalue weighted by Gasteiger charge is -2.06. The van der Waals surface area contributed by atoms with Gasteiger partial charge in [0.05, 0.1) is 0 Å². The van der Waals surface area contributed by atoms with Crippen LogP contribution < -0.4 is 5.56 Å². The van der Waals surface area contributed by atoms with Crippen LogP contribution in [-0.2, 0) is 6.42 Å². The van der Waals surface area contributed by atoms with Gasteiger partial charge in [0.15, 0.2) is 0 Å². The van der Waals surface area contributed by atoms with Gasteiger partial charge in [-0.1, -0.05) is 29.8 Å². The molecule has 3 rings (SSSR count). The fraction of sp³-hybridized carbons (Fsp3) is 0.118. The molecule has 0 spiro atoms. The zero-order chi connectivity index (χ0) is 14.1. The number of pyridine rings is 1. The third-order valence-corrected chi connectivity index (χ3v) is 3.69. The van der Waals surface area contributed by atoms with Crippen LogP contribution in [0.3, 0.4) is 0 Å². The van der Waals surface area contributed by atoms with E-state index in [0.717, 1.165) is 27.9 Å². The van der Waals surface area contributed by atoms with Crippen LogP contribution in [-0.4, -0.2) is 4.98 Å². The molecule has 0 amide bonds. The van der Waals surface area contributed by atoms with E-state index in [0.29, 0.717) is 0 Å². The molecule has 0 fully saturated rings. The van der Waals surface area contributed by atoms with Gasteiger partial charge in [0, 0.05) is 22.0 Å². The number of H-pyrrole nitrogens is 1. The predicted octanol–water partition coefficient (Wildman–Crippen LogP) is 4.08. The van der Waals surface area contributed by atoms with Gasteiger partial charge in [-0.05, 0) is 54.3 Å². The van der Waals surface area contributed by atoms with Crippen LogP contribution in [0.5, 0.6) is 0 Å². The summed E-state index contributed by atoms with van der Waals surface area (Å²) in [5, 5.41) is 1.84. The number of halogens is 1. The highest BCUT2D eigenvalue weighted by atomic mass is 35.5. The summed E-state index contributed by atoms with van der Waals surface area (Å²) >= 11 is 5.89. The second-order valence-electron chi connectivity index (χ2n) is 5.00. The molecule has 0 aliphatic carbocycles. The number of aryl methyl sites for hydroxylation is 1. The van der Waals surface area contributed by atoms with Crippen LogP contribution in [0.1, 0.15) is 16.7 Å². The van der Waals surface area contributed by atoms with Crippen LogP contribution in [0.25, 0.3) is 10.9 Å². The van der Waals surface area contributed by atoms with Gasteiger partial charge in [0.2, 0.25) is 5.56 Å². The van der Waals surface area contributed by atoms with E-state index in [9.17, 15) is 4.79 Å². The van der Waals surface area contributed by atoms with Crippen molar-refractivity contribution in [1.29, 1.82) is 0 Å². The Balaban J connectivity index is 2.00. The first-order valence-electron chi connectivity index (χ1n) is 6.49. The number of hydrogen-bond acceptors (Lipinski definition) is 1. The minimum atomic E-state index is -0.0551. The molecule has 0 aliphatic rings. The van der Waals surface area contributed by atoms with Crippen molar-refractivity contribution in [3.05, 3.63) is 80.6 Å². The van der Waals surface area contributed by atoms with Gasteiger partial charge >= 0.3 is 0 Å². The normalized spacial score (nSPS) is 10.9. The fourth-order valence-corrected chi connectivity index (χ4v) is 2.54. The molecule has 0 bridgehead atoms. The SMILES string of the molecule is Cc1cc(=O)[nH]c2ccc(Cc3ccc(Cl)cc3)cc12. The molecule has 0 aliphatic heterocycles. The van der Waals surface area contributed by atoms with Crippen LogP contribution in [0.2, 0.25) is 5.02 Å². The number of rotatable bonds is 2. The van der Waals surface area contributed by atoms with Crippen molar-refractivity contribution in [2.45, 2.75) is 13.3 Å². The van der Waals surface area contributed by atoms with E-state index < -0.39 is 0 Å². The Kier molecular flexibility index (Phi) is 3.33. The molecule has 1 aromatic heterocycles. The smallest absolute Gasteiger partial charge is 0.248 e. The molecule has 0 radical (unpaired) electrons. The van der Waals surface area contributed by atoms with E-state index in [4.69, 9.17) is 11.6 Å². The monoisotopic (exact) mass is 283 g/mol. The molecule has 1 heterocycles. The van der Waals surface area contributed by atoms with Crippen LogP contribution in [0.4, 0.5) is 0 Å². The standard InChI is InChI=1S/C17H14ClNO/c1-11-8-17(20)19-16-7-4-13(10-15(11)16)9-12-2-5-14(18)6-3-12/h2-8,10H,9H2,1H3,(H,19,20). The van der Waals surface area contributed by atoms with Gasteiger partial charge in [0.1, 0.15) is 0 Å². The summed E-state index contributed by atoms with van der Waals surface area (Å²) in [4.78, 5) is 14.3. The van der Waals surface area contributed by atoms with Crippen molar-refractivity contribution in [2.75, 3.05) is 0 Å². The third-order valence-electron chi connectivity index (χ3n) is 3.44. The Morgan fingerprint density at radius 3 is 2.45 bits per heavy atom. The first-order chi connectivity index (χ1) is 9.61. The third kappa shape index (κ3) is 2.61. The summed E-state index contributed by atoms with van der Waals surface area (Å²) in [6.07, 6.45) is 0.853. The summed E-state index contributed by atoms with van der Waals surface area (Å²) in [5.74, 6) is 0. The number of nitrogens with one attached hydrogen (secondary N) is 1. The maximum atomic E-state index is 11.4. The number of hydrogen-bond donors (Lipinski definition) is 1. The average Bonchev–Trinajstić information content (AvgIpc) is 2.42. The summed E-state index contributed by atoms with van der Waals surface area (Å²) < 4.78 is 0. The first-order valence-corrected chi connectivity index (χ1v) is 6.86. The summed E-state index contributed by atoms with van der Waals surface area (Å²) in [6, 6.07) is 15.7. The zero-order valence-electron chi connectivity index (χ0n) is 11.1.